The molecule has 2 rings (SSSR count). The van der Waals surface area contributed by atoms with Crippen LogP contribution in [0.25, 0.3) is 0 Å². The fourth-order valence-corrected chi connectivity index (χ4v) is 2.45. The number of nitrogens with zero attached hydrogens (tertiary/aromatic N) is 3. The van der Waals surface area contributed by atoms with E-state index in [1.807, 2.05) is 0 Å². The van der Waals surface area contributed by atoms with E-state index >= 15 is 0 Å². The molecule has 0 saturated carbocycles. The Morgan fingerprint density at radius 3 is 2.58 bits per heavy atom. The first kappa shape index (κ1) is 23.7. The minimum atomic E-state index is -0.840. The van der Waals surface area contributed by atoms with Crippen molar-refractivity contribution in [2.24, 2.45) is 21.7 Å². The van der Waals surface area contributed by atoms with Crippen molar-refractivity contribution in [3.05, 3.63) is 36.4 Å². The molecule has 11 nitrogen and oxygen atoms in total. The lowest BCUT2D eigenvalue weighted by Gasteiger charge is -2.12. The molecule has 0 aliphatic carbocycles. The number of hydrogen-bond donors (Lipinski definition) is 4. The highest BCUT2D eigenvalue weighted by atomic mass is 16.7. The Morgan fingerprint density at radius 2 is 1.87 bits per heavy atom. The Bertz CT molecular complexity index is 920. The molecule has 0 unspecified atom stereocenters. The van der Waals surface area contributed by atoms with Gasteiger partial charge in [-0.2, -0.15) is 0 Å². The van der Waals surface area contributed by atoms with Crippen molar-refractivity contribution >= 4 is 35.1 Å². The number of nitrogens with one attached hydrogen (secondary N) is 1. The maximum atomic E-state index is 12.1. The number of benzene rings is 1. The van der Waals surface area contributed by atoms with Gasteiger partial charge in [-0.15, -0.1) is 10.2 Å². The zero-order chi connectivity index (χ0) is 22.6. The van der Waals surface area contributed by atoms with Crippen LogP contribution in [0.3, 0.4) is 0 Å². The minimum absolute atomic E-state index is 0.0574. The summed E-state index contributed by atoms with van der Waals surface area (Å²) >= 11 is 0. The van der Waals surface area contributed by atoms with Gasteiger partial charge in [0.05, 0.1) is 12.6 Å². The average molecular weight is 429 g/mol. The van der Waals surface area contributed by atoms with Gasteiger partial charge in [-0.1, -0.05) is 18.6 Å². The number of pyridine rings is 1. The van der Waals surface area contributed by atoms with E-state index in [4.69, 9.17) is 26.7 Å². The molecule has 166 valence electrons. The Labute approximate surface area is 180 Å². The molecule has 0 spiro atoms. The third-order valence-electron chi connectivity index (χ3n) is 4.05. The molecule has 0 bridgehead atoms. The van der Waals surface area contributed by atoms with Crippen LogP contribution < -0.4 is 27.3 Å². The first-order chi connectivity index (χ1) is 14.9. The van der Waals surface area contributed by atoms with E-state index in [9.17, 15) is 9.59 Å². The molecule has 0 aliphatic heterocycles. The minimum Gasteiger partial charge on any atom is -0.434 e. The number of nitrogen functional groups attached to an aromatic ring is 1. The summed E-state index contributed by atoms with van der Waals surface area (Å²) in [5, 5.41) is 10.7. The molecule has 31 heavy (non-hydrogen) atoms. The zero-order valence-electron chi connectivity index (χ0n) is 17.3. The number of hydrogen-bond acceptors (Lipinski definition) is 10. The summed E-state index contributed by atoms with van der Waals surface area (Å²) in [5.41, 5.74) is 17.8. The van der Waals surface area contributed by atoms with E-state index in [0.29, 0.717) is 18.7 Å². The van der Waals surface area contributed by atoms with Gasteiger partial charge in [-0.3, -0.25) is 4.79 Å². The van der Waals surface area contributed by atoms with Crippen molar-refractivity contribution in [2.75, 3.05) is 24.2 Å². The number of rotatable bonds is 10. The van der Waals surface area contributed by atoms with Crippen LogP contribution in [0.5, 0.6) is 5.75 Å². The lowest BCUT2D eigenvalue weighted by Crippen LogP contribution is -2.35. The van der Waals surface area contributed by atoms with Gasteiger partial charge in [0.2, 0.25) is 5.91 Å². The van der Waals surface area contributed by atoms with Crippen LogP contribution in [0, 0.1) is 0 Å². The van der Waals surface area contributed by atoms with E-state index < -0.39 is 12.2 Å². The smallest absolute Gasteiger partial charge is 0.434 e. The number of amides is 1. The average Bonchev–Trinajstić information content (AvgIpc) is 2.74. The number of aromatic nitrogens is 1. The van der Waals surface area contributed by atoms with E-state index in [-0.39, 0.29) is 35.6 Å². The molecule has 1 aromatic heterocycles. The molecule has 11 heteroatoms. The highest BCUT2D eigenvalue weighted by Gasteiger charge is 2.14. The second-order valence-corrected chi connectivity index (χ2v) is 6.43. The molecular formula is C20H27N7O4. The predicted octanol–water partition coefficient (Wildman–Crippen LogP) is 3.01. The Kier molecular flexibility index (Phi) is 9.33. The number of carbonyl (C=O) groups is 2. The van der Waals surface area contributed by atoms with Gasteiger partial charge in [0.15, 0.2) is 11.6 Å². The van der Waals surface area contributed by atoms with Crippen molar-refractivity contribution in [1.29, 1.82) is 0 Å². The second-order valence-electron chi connectivity index (χ2n) is 6.43. The van der Waals surface area contributed by atoms with Gasteiger partial charge in [0, 0.05) is 0 Å². The van der Waals surface area contributed by atoms with Gasteiger partial charge >= 0.3 is 6.16 Å². The van der Waals surface area contributed by atoms with Gasteiger partial charge in [0.1, 0.15) is 17.2 Å². The monoisotopic (exact) mass is 429 g/mol. The van der Waals surface area contributed by atoms with Crippen molar-refractivity contribution in [3.8, 4) is 5.75 Å². The lowest BCUT2D eigenvalue weighted by molar-refractivity contribution is -0.117. The third-order valence-corrected chi connectivity index (χ3v) is 4.05. The SMILES string of the molecule is CCOC(=O)Oc1ccccc1N=Nc1ccc(NC(=O)[C@@H](N)CCCCN)nc1N. The topological polar surface area (TPSA) is 180 Å². The Hall–Kier alpha value is -3.57. The summed E-state index contributed by atoms with van der Waals surface area (Å²) < 4.78 is 9.86. The molecule has 1 atom stereocenters. The van der Waals surface area contributed by atoms with Gasteiger partial charge in [-0.05, 0) is 50.6 Å². The summed E-state index contributed by atoms with van der Waals surface area (Å²) in [4.78, 5) is 27.8. The van der Waals surface area contributed by atoms with Crippen LogP contribution in [0.15, 0.2) is 46.6 Å². The first-order valence-electron chi connectivity index (χ1n) is 9.83. The summed E-state index contributed by atoms with van der Waals surface area (Å²) in [6.45, 7) is 2.42. The molecule has 1 heterocycles. The van der Waals surface area contributed by atoms with Crippen LogP contribution in [0.2, 0.25) is 0 Å². The number of para-hydroxylation sites is 1. The molecule has 0 aliphatic rings. The molecule has 7 N–H and O–H groups in total. The normalized spacial score (nSPS) is 11.8. The largest absolute Gasteiger partial charge is 0.513 e. The quantitative estimate of drug-likeness (QED) is 0.192. The number of anilines is 2. The molecule has 2 aromatic rings. The molecule has 1 aromatic carbocycles. The predicted molar refractivity (Wildman–Crippen MR) is 116 cm³/mol. The number of unbranched alkanes of at least 4 members (excludes halogenated alkanes) is 1. The standard InChI is InChI=1S/C20H27N7O4/c1-2-30-20(29)31-16-9-4-3-8-14(16)26-27-15-10-11-17(24-18(15)23)25-19(28)13(22)7-5-6-12-21/h3-4,8-11,13H,2,5-7,12,21-22H2,1H3,(H3,23,24,25,28)/t13-/m0/s1. The number of nitrogens with two attached hydrogens (primary N) is 3. The number of ether oxygens (including phenoxy) is 2. The molecular weight excluding hydrogens is 402 g/mol. The van der Waals surface area contributed by atoms with Crippen LogP contribution in [-0.2, 0) is 9.53 Å². The van der Waals surface area contributed by atoms with Crippen molar-refractivity contribution in [2.45, 2.75) is 32.2 Å². The Balaban J connectivity index is 2.05. The van der Waals surface area contributed by atoms with E-state index in [2.05, 4.69) is 20.5 Å². The molecule has 0 fully saturated rings. The van der Waals surface area contributed by atoms with Crippen LogP contribution in [0.1, 0.15) is 26.2 Å². The van der Waals surface area contributed by atoms with E-state index in [1.54, 1.807) is 37.3 Å². The second kappa shape index (κ2) is 12.2. The maximum Gasteiger partial charge on any atom is 0.513 e. The molecule has 0 saturated heterocycles. The highest BCUT2D eigenvalue weighted by molar-refractivity contribution is 5.94. The molecule has 1 amide bonds. The van der Waals surface area contributed by atoms with E-state index in [0.717, 1.165) is 12.8 Å². The Morgan fingerprint density at radius 1 is 1.13 bits per heavy atom. The van der Waals surface area contributed by atoms with Crippen LogP contribution in [-0.4, -0.2) is 36.2 Å². The summed E-state index contributed by atoms with van der Waals surface area (Å²) in [5.74, 6) is 0.135. The summed E-state index contributed by atoms with van der Waals surface area (Å²) in [7, 11) is 0. The fraction of sp³-hybridized carbons (Fsp3) is 0.350. The van der Waals surface area contributed by atoms with Crippen molar-refractivity contribution in [1.82, 2.24) is 4.98 Å². The highest BCUT2D eigenvalue weighted by Crippen LogP contribution is 2.30. The fourth-order valence-electron chi connectivity index (χ4n) is 2.45. The maximum absolute atomic E-state index is 12.1. The third kappa shape index (κ3) is 7.64. The van der Waals surface area contributed by atoms with Crippen LogP contribution in [0.4, 0.5) is 27.8 Å². The van der Waals surface area contributed by atoms with E-state index in [1.165, 1.54) is 6.07 Å². The first-order valence-corrected chi connectivity index (χ1v) is 9.83. The van der Waals surface area contributed by atoms with Gasteiger partial charge < -0.3 is 32.0 Å². The zero-order valence-corrected chi connectivity index (χ0v) is 17.3. The van der Waals surface area contributed by atoms with Gasteiger partial charge in [-0.25, -0.2) is 9.78 Å². The lowest BCUT2D eigenvalue weighted by atomic mass is 10.1. The summed E-state index contributed by atoms with van der Waals surface area (Å²) in [6, 6.07) is 8.99. The van der Waals surface area contributed by atoms with Crippen LogP contribution >= 0.6 is 0 Å². The van der Waals surface area contributed by atoms with Crippen molar-refractivity contribution < 1.29 is 19.1 Å². The molecule has 0 radical (unpaired) electrons. The summed E-state index contributed by atoms with van der Waals surface area (Å²) in [6.07, 6.45) is 1.26. The number of carbonyl (C=O) groups excluding carboxylic acids is 2. The number of azo groups is 1. The van der Waals surface area contributed by atoms with Gasteiger partial charge in [0.25, 0.3) is 0 Å². The van der Waals surface area contributed by atoms with Crippen molar-refractivity contribution in [3.63, 3.8) is 0 Å².